The van der Waals surface area contributed by atoms with Crippen LogP contribution < -0.4 is 5.32 Å². The minimum absolute atomic E-state index is 0.149. The predicted molar refractivity (Wildman–Crippen MR) is 60.9 cm³/mol. The SMILES string of the molecule is COC(OC)C(C)NCCN1CCCC1. The highest BCUT2D eigenvalue weighted by Gasteiger charge is 2.16. The van der Waals surface area contributed by atoms with Gasteiger partial charge in [0.05, 0.1) is 6.04 Å². The summed E-state index contributed by atoms with van der Waals surface area (Å²) in [6.45, 7) is 6.73. The van der Waals surface area contributed by atoms with E-state index >= 15 is 0 Å². The molecule has 4 heteroatoms. The van der Waals surface area contributed by atoms with Crippen molar-refractivity contribution in [1.29, 1.82) is 0 Å². The predicted octanol–water partition coefficient (Wildman–Crippen LogP) is 0.679. The second-order valence-corrected chi connectivity index (χ2v) is 4.13. The summed E-state index contributed by atoms with van der Waals surface area (Å²) in [7, 11) is 3.35. The van der Waals surface area contributed by atoms with E-state index in [0.29, 0.717) is 0 Å². The first-order valence-electron chi connectivity index (χ1n) is 5.79. The van der Waals surface area contributed by atoms with Crippen LogP contribution >= 0.6 is 0 Å². The normalized spacial score (nSPS) is 20.0. The van der Waals surface area contributed by atoms with Gasteiger partial charge in [0.2, 0.25) is 0 Å². The van der Waals surface area contributed by atoms with Crippen LogP contribution in [0, 0.1) is 0 Å². The van der Waals surface area contributed by atoms with Gasteiger partial charge in [-0.2, -0.15) is 0 Å². The number of ether oxygens (including phenoxy) is 2. The summed E-state index contributed by atoms with van der Waals surface area (Å²) in [4.78, 5) is 2.49. The first-order valence-corrected chi connectivity index (χ1v) is 5.79. The molecule has 0 amide bonds. The fourth-order valence-electron chi connectivity index (χ4n) is 2.06. The molecule has 1 aliphatic rings. The number of methoxy groups -OCH3 is 2. The molecule has 0 aromatic heterocycles. The lowest BCUT2D eigenvalue weighted by Crippen LogP contribution is -2.42. The minimum atomic E-state index is -0.149. The maximum Gasteiger partial charge on any atom is 0.171 e. The fourth-order valence-corrected chi connectivity index (χ4v) is 2.06. The van der Waals surface area contributed by atoms with Crippen LogP contribution in [0.15, 0.2) is 0 Å². The third-order valence-electron chi connectivity index (χ3n) is 2.97. The number of hydrogen-bond donors (Lipinski definition) is 1. The summed E-state index contributed by atoms with van der Waals surface area (Å²) < 4.78 is 10.4. The lowest BCUT2D eigenvalue weighted by atomic mass is 10.3. The molecule has 15 heavy (non-hydrogen) atoms. The second kappa shape index (κ2) is 7.17. The molecule has 1 heterocycles. The zero-order valence-electron chi connectivity index (χ0n) is 10.2. The molecule has 0 bridgehead atoms. The van der Waals surface area contributed by atoms with Crippen molar-refractivity contribution in [2.45, 2.75) is 32.1 Å². The summed E-state index contributed by atoms with van der Waals surface area (Å²) in [5.74, 6) is 0. The Morgan fingerprint density at radius 1 is 1.20 bits per heavy atom. The molecule has 1 N–H and O–H groups in total. The highest BCUT2D eigenvalue weighted by Crippen LogP contribution is 2.06. The topological polar surface area (TPSA) is 33.7 Å². The number of rotatable bonds is 7. The molecular formula is C11H24N2O2. The average molecular weight is 216 g/mol. The van der Waals surface area contributed by atoms with Crippen molar-refractivity contribution in [3.05, 3.63) is 0 Å². The monoisotopic (exact) mass is 216 g/mol. The summed E-state index contributed by atoms with van der Waals surface area (Å²) in [5, 5.41) is 3.42. The molecule has 1 rings (SSSR count). The molecule has 0 radical (unpaired) electrons. The third kappa shape index (κ3) is 4.47. The zero-order valence-corrected chi connectivity index (χ0v) is 10.2. The molecule has 90 valence electrons. The Hall–Kier alpha value is -0.160. The van der Waals surface area contributed by atoms with E-state index in [1.54, 1.807) is 14.2 Å². The van der Waals surface area contributed by atoms with Crippen molar-refractivity contribution in [1.82, 2.24) is 10.2 Å². The maximum absolute atomic E-state index is 5.19. The summed E-state index contributed by atoms with van der Waals surface area (Å²) in [6.07, 6.45) is 2.56. The molecule has 1 saturated heterocycles. The molecule has 0 aromatic rings. The summed E-state index contributed by atoms with van der Waals surface area (Å²) in [5.41, 5.74) is 0. The van der Waals surface area contributed by atoms with Gasteiger partial charge in [0, 0.05) is 27.3 Å². The molecule has 1 unspecified atom stereocenters. The molecule has 0 spiro atoms. The van der Waals surface area contributed by atoms with E-state index in [4.69, 9.17) is 9.47 Å². The van der Waals surface area contributed by atoms with Crippen LogP contribution in [0.4, 0.5) is 0 Å². The summed E-state index contributed by atoms with van der Waals surface area (Å²) in [6, 6.07) is 0.239. The van der Waals surface area contributed by atoms with Crippen LogP contribution in [0.3, 0.4) is 0 Å². The van der Waals surface area contributed by atoms with Gasteiger partial charge in [-0.15, -0.1) is 0 Å². The van der Waals surface area contributed by atoms with E-state index in [1.165, 1.54) is 25.9 Å². The van der Waals surface area contributed by atoms with Gasteiger partial charge in [0.15, 0.2) is 6.29 Å². The van der Waals surface area contributed by atoms with Gasteiger partial charge in [-0.1, -0.05) is 0 Å². The van der Waals surface area contributed by atoms with Gasteiger partial charge in [0.1, 0.15) is 0 Å². The quantitative estimate of drug-likeness (QED) is 0.635. The van der Waals surface area contributed by atoms with E-state index in [2.05, 4.69) is 17.1 Å². The molecule has 4 nitrogen and oxygen atoms in total. The van der Waals surface area contributed by atoms with Crippen molar-refractivity contribution >= 4 is 0 Å². The number of nitrogens with one attached hydrogen (secondary N) is 1. The van der Waals surface area contributed by atoms with Gasteiger partial charge in [-0.25, -0.2) is 0 Å². The van der Waals surface area contributed by atoms with E-state index in [1.807, 2.05) is 0 Å². The van der Waals surface area contributed by atoms with Gasteiger partial charge in [-0.3, -0.25) is 0 Å². The lowest BCUT2D eigenvalue weighted by Gasteiger charge is -2.23. The molecular weight excluding hydrogens is 192 g/mol. The van der Waals surface area contributed by atoms with Crippen molar-refractivity contribution < 1.29 is 9.47 Å². The van der Waals surface area contributed by atoms with Gasteiger partial charge in [0.25, 0.3) is 0 Å². The van der Waals surface area contributed by atoms with Crippen molar-refractivity contribution in [2.24, 2.45) is 0 Å². The van der Waals surface area contributed by atoms with Gasteiger partial charge < -0.3 is 19.7 Å². The molecule has 1 atom stereocenters. The second-order valence-electron chi connectivity index (χ2n) is 4.13. The molecule has 0 aromatic carbocycles. The standard InChI is InChI=1S/C11H24N2O2/c1-10(11(14-2)15-3)12-6-9-13-7-4-5-8-13/h10-12H,4-9H2,1-3H3. The van der Waals surface area contributed by atoms with Gasteiger partial charge >= 0.3 is 0 Å². The van der Waals surface area contributed by atoms with Crippen LogP contribution in [0.2, 0.25) is 0 Å². The molecule has 0 saturated carbocycles. The average Bonchev–Trinajstić information content (AvgIpc) is 2.72. The van der Waals surface area contributed by atoms with E-state index < -0.39 is 0 Å². The highest BCUT2D eigenvalue weighted by atomic mass is 16.7. The molecule has 1 fully saturated rings. The zero-order chi connectivity index (χ0) is 11.1. The van der Waals surface area contributed by atoms with Gasteiger partial charge in [-0.05, 0) is 32.9 Å². The third-order valence-corrected chi connectivity index (χ3v) is 2.97. The Morgan fingerprint density at radius 2 is 1.80 bits per heavy atom. The van der Waals surface area contributed by atoms with Crippen LogP contribution in [-0.2, 0) is 9.47 Å². The first-order chi connectivity index (χ1) is 7.27. The van der Waals surface area contributed by atoms with E-state index in [9.17, 15) is 0 Å². The Labute approximate surface area is 92.9 Å². The van der Waals surface area contributed by atoms with Crippen LogP contribution in [0.5, 0.6) is 0 Å². The fraction of sp³-hybridized carbons (Fsp3) is 1.00. The van der Waals surface area contributed by atoms with Crippen molar-refractivity contribution in [2.75, 3.05) is 40.4 Å². The maximum atomic E-state index is 5.19. The Morgan fingerprint density at radius 3 is 2.33 bits per heavy atom. The van der Waals surface area contributed by atoms with Crippen molar-refractivity contribution in [3.63, 3.8) is 0 Å². The number of nitrogens with zero attached hydrogens (tertiary/aromatic N) is 1. The highest BCUT2D eigenvalue weighted by molar-refractivity contribution is 4.70. The molecule has 0 aliphatic carbocycles. The Balaban J connectivity index is 2.07. The van der Waals surface area contributed by atoms with Crippen LogP contribution in [0.25, 0.3) is 0 Å². The minimum Gasteiger partial charge on any atom is -0.354 e. The van der Waals surface area contributed by atoms with E-state index in [-0.39, 0.29) is 12.3 Å². The summed E-state index contributed by atoms with van der Waals surface area (Å²) >= 11 is 0. The van der Waals surface area contributed by atoms with Crippen LogP contribution in [-0.4, -0.2) is 57.6 Å². The number of hydrogen-bond acceptors (Lipinski definition) is 4. The smallest absolute Gasteiger partial charge is 0.171 e. The largest absolute Gasteiger partial charge is 0.354 e. The number of likely N-dealkylation sites (tertiary alicyclic amines) is 1. The van der Waals surface area contributed by atoms with Crippen molar-refractivity contribution in [3.8, 4) is 0 Å². The van der Waals surface area contributed by atoms with E-state index in [0.717, 1.165) is 13.1 Å². The lowest BCUT2D eigenvalue weighted by molar-refractivity contribution is -0.119. The Kier molecular flexibility index (Phi) is 6.17. The first kappa shape index (κ1) is 12.9. The Bertz CT molecular complexity index is 157. The van der Waals surface area contributed by atoms with Crippen LogP contribution in [0.1, 0.15) is 19.8 Å². The molecule has 1 aliphatic heterocycles.